The average Bonchev–Trinajstić information content (AvgIpc) is 3.35. The van der Waals surface area contributed by atoms with E-state index in [1.165, 1.54) is 66.3 Å². The van der Waals surface area contributed by atoms with Gasteiger partial charge in [0.05, 0.1) is 5.52 Å². The fraction of sp³-hybridized carbons (Fsp3) is 0.152. The molecule has 1 aliphatic rings. The summed E-state index contributed by atoms with van der Waals surface area (Å²) in [4.78, 5) is 3.81. The van der Waals surface area contributed by atoms with Crippen molar-refractivity contribution in [1.82, 2.24) is 4.98 Å². The number of rotatable bonds is 3. The standard InChI is InChI=1S/C33H29N/c1-5-12-21(6-2)23-17-18-29-26(19-23)27-20-25(22-13-8-7-9-14-22)31-30(32(27)34-29)24-15-10-11-16-28(24)33(31,3)4/h5-20,34H,1-4H3/b12-5-,21-6+. The van der Waals surface area contributed by atoms with Crippen molar-refractivity contribution < 1.29 is 0 Å². The molecule has 1 nitrogen and oxygen atoms in total. The largest absolute Gasteiger partial charge is 0.354 e. The highest BCUT2D eigenvalue weighted by molar-refractivity contribution is 6.16. The van der Waals surface area contributed by atoms with Gasteiger partial charge in [-0.05, 0) is 71.0 Å². The zero-order valence-electron chi connectivity index (χ0n) is 20.2. The predicted molar refractivity (Wildman–Crippen MR) is 147 cm³/mol. The normalized spacial score (nSPS) is 14.8. The maximum atomic E-state index is 3.81. The van der Waals surface area contributed by atoms with Gasteiger partial charge in [0.25, 0.3) is 0 Å². The molecule has 4 aromatic carbocycles. The predicted octanol–water partition coefficient (Wildman–Crippen LogP) is 9.27. The van der Waals surface area contributed by atoms with Crippen molar-refractivity contribution >= 4 is 27.4 Å². The third-order valence-corrected chi connectivity index (χ3v) is 7.47. The number of H-pyrrole nitrogens is 1. The number of aromatic amines is 1. The lowest BCUT2D eigenvalue weighted by atomic mass is 9.78. The summed E-state index contributed by atoms with van der Waals surface area (Å²) >= 11 is 0. The summed E-state index contributed by atoms with van der Waals surface area (Å²) in [5, 5.41) is 2.57. The van der Waals surface area contributed by atoms with Crippen molar-refractivity contribution in [3.05, 3.63) is 114 Å². The van der Waals surface area contributed by atoms with Crippen LogP contribution in [-0.2, 0) is 5.41 Å². The Balaban J connectivity index is 1.76. The molecule has 1 aliphatic carbocycles. The molecule has 0 saturated heterocycles. The third kappa shape index (κ3) is 2.86. The highest BCUT2D eigenvalue weighted by atomic mass is 14.7. The van der Waals surface area contributed by atoms with Crippen molar-refractivity contribution in [2.24, 2.45) is 0 Å². The summed E-state index contributed by atoms with van der Waals surface area (Å²) in [5.74, 6) is 0. The fourth-order valence-corrected chi connectivity index (χ4v) is 5.90. The lowest BCUT2D eigenvalue weighted by Crippen LogP contribution is -2.16. The molecule has 0 bridgehead atoms. The summed E-state index contributed by atoms with van der Waals surface area (Å²) in [6, 6.07) is 29.0. The summed E-state index contributed by atoms with van der Waals surface area (Å²) in [6.45, 7) is 8.91. The Morgan fingerprint density at radius 2 is 1.56 bits per heavy atom. The van der Waals surface area contributed by atoms with Gasteiger partial charge in [0.2, 0.25) is 0 Å². The molecular formula is C33H29N. The van der Waals surface area contributed by atoms with Gasteiger partial charge in [0.1, 0.15) is 0 Å². The van der Waals surface area contributed by atoms with Gasteiger partial charge in [-0.3, -0.25) is 0 Å². The van der Waals surface area contributed by atoms with Crippen LogP contribution in [0.4, 0.5) is 0 Å². The lowest BCUT2D eigenvalue weighted by Gasteiger charge is -2.25. The quantitative estimate of drug-likeness (QED) is 0.270. The van der Waals surface area contributed by atoms with Crippen molar-refractivity contribution in [2.75, 3.05) is 0 Å². The van der Waals surface area contributed by atoms with Crippen LogP contribution in [0.1, 0.15) is 44.4 Å². The lowest BCUT2D eigenvalue weighted by molar-refractivity contribution is 0.662. The third-order valence-electron chi connectivity index (χ3n) is 7.47. The van der Waals surface area contributed by atoms with Crippen molar-refractivity contribution in [2.45, 2.75) is 33.1 Å². The van der Waals surface area contributed by atoms with Crippen LogP contribution in [0.5, 0.6) is 0 Å². The Kier molecular flexibility index (Phi) is 4.64. The summed E-state index contributed by atoms with van der Waals surface area (Å²) < 4.78 is 0. The molecule has 6 rings (SSSR count). The highest BCUT2D eigenvalue weighted by Gasteiger charge is 2.39. The molecule has 166 valence electrons. The van der Waals surface area contributed by atoms with Gasteiger partial charge < -0.3 is 4.98 Å². The minimum atomic E-state index is -0.0716. The molecule has 0 atom stereocenters. The van der Waals surface area contributed by atoms with Crippen LogP contribution in [0.3, 0.4) is 0 Å². The molecule has 5 aromatic rings. The van der Waals surface area contributed by atoms with E-state index >= 15 is 0 Å². The topological polar surface area (TPSA) is 15.8 Å². The van der Waals surface area contributed by atoms with E-state index in [0.29, 0.717) is 0 Å². The Hall–Kier alpha value is -3.84. The SMILES string of the molecule is C/C=C\C(=C/C)c1ccc2[nH]c3c4c(c(-c5ccccc5)cc3c2c1)C(C)(C)c1ccccc1-4. The van der Waals surface area contributed by atoms with Crippen LogP contribution in [0, 0.1) is 0 Å². The zero-order valence-corrected chi connectivity index (χ0v) is 20.2. The monoisotopic (exact) mass is 439 g/mol. The molecule has 0 amide bonds. The molecule has 0 radical (unpaired) electrons. The van der Waals surface area contributed by atoms with E-state index in [0.717, 1.165) is 0 Å². The van der Waals surface area contributed by atoms with E-state index in [4.69, 9.17) is 0 Å². The van der Waals surface area contributed by atoms with Crippen LogP contribution >= 0.6 is 0 Å². The molecule has 34 heavy (non-hydrogen) atoms. The Labute approximate surface area is 201 Å². The van der Waals surface area contributed by atoms with Gasteiger partial charge in [0, 0.05) is 27.3 Å². The highest BCUT2D eigenvalue weighted by Crippen LogP contribution is 2.55. The number of nitrogens with one attached hydrogen (secondary N) is 1. The van der Waals surface area contributed by atoms with Crippen LogP contribution in [-0.4, -0.2) is 4.98 Å². The number of aromatic nitrogens is 1. The maximum absolute atomic E-state index is 3.81. The second-order valence-electron chi connectivity index (χ2n) is 9.76. The summed E-state index contributed by atoms with van der Waals surface area (Å²) in [6.07, 6.45) is 6.47. The molecule has 1 aromatic heterocycles. The van der Waals surface area contributed by atoms with Crippen LogP contribution < -0.4 is 0 Å². The van der Waals surface area contributed by atoms with E-state index in [1.807, 2.05) is 0 Å². The van der Waals surface area contributed by atoms with Crippen molar-refractivity contribution in [3.8, 4) is 22.3 Å². The summed E-state index contributed by atoms with van der Waals surface area (Å²) in [5.41, 5.74) is 13.0. The molecule has 1 heterocycles. The van der Waals surface area contributed by atoms with E-state index in [1.54, 1.807) is 0 Å². The number of hydrogen-bond acceptors (Lipinski definition) is 0. The van der Waals surface area contributed by atoms with Gasteiger partial charge in [-0.2, -0.15) is 0 Å². The van der Waals surface area contributed by atoms with Gasteiger partial charge in [-0.15, -0.1) is 0 Å². The van der Waals surface area contributed by atoms with Crippen molar-refractivity contribution in [3.63, 3.8) is 0 Å². The first-order valence-corrected chi connectivity index (χ1v) is 12.1. The van der Waals surface area contributed by atoms with Gasteiger partial charge >= 0.3 is 0 Å². The molecule has 0 saturated carbocycles. The van der Waals surface area contributed by atoms with E-state index in [2.05, 4.69) is 130 Å². The van der Waals surface area contributed by atoms with E-state index in [-0.39, 0.29) is 5.41 Å². The van der Waals surface area contributed by atoms with Crippen LogP contribution in [0.25, 0.3) is 49.6 Å². The number of hydrogen-bond donors (Lipinski definition) is 1. The maximum Gasteiger partial charge on any atom is 0.0548 e. The molecule has 0 unspecified atom stereocenters. The molecule has 1 heteroatoms. The molecule has 0 spiro atoms. The van der Waals surface area contributed by atoms with Gasteiger partial charge in [-0.25, -0.2) is 0 Å². The van der Waals surface area contributed by atoms with Gasteiger partial charge in [-0.1, -0.05) is 92.7 Å². The Morgan fingerprint density at radius 3 is 2.32 bits per heavy atom. The smallest absolute Gasteiger partial charge is 0.0548 e. The first-order valence-electron chi connectivity index (χ1n) is 12.1. The second kappa shape index (κ2) is 7.60. The van der Waals surface area contributed by atoms with Crippen molar-refractivity contribution in [1.29, 1.82) is 0 Å². The molecular weight excluding hydrogens is 410 g/mol. The molecule has 0 fully saturated rings. The summed E-state index contributed by atoms with van der Waals surface area (Å²) in [7, 11) is 0. The zero-order chi connectivity index (χ0) is 23.4. The van der Waals surface area contributed by atoms with E-state index in [9.17, 15) is 0 Å². The minimum Gasteiger partial charge on any atom is -0.354 e. The van der Waals surface area contributed by atoms with Crippen LogP contribution in [0.2, 0.25) is 0 Å². The average molecular weight is 440 g/mol. The Bertz CT molecular complexity index is 1620. The number of fused-ring (bicyclic) bond motifs is 7. The Morgan fingerprint density at radius 1 is 0.794 bits per heavy atom. The number of allylic oxidation sites excluding steroid dienone is 4. The molecule has 0 aliphatic heterocycles. The second-order valence-corrected chi connectivity index (χ2v) is 9.76. The first kappa shape index (κ1) is 20.7. The first-order chi connectivity index (χ1) is 16.5. The van der Waals surface area contributed by atoms with Gasteiger partial charge in [0.15, 0.2) is 0 Å². The van der Waals surface area contributed by atoms with E-state index < -0.39 is 0 Å². The number of benzene rings is 4. The fourth-order valence-electron chi connectivity index (χ4n) is 5.90. The van der Waals surface area contributed by atoms with Crippen LogP contribution in [0.15, 0.2) is 97.1 Å². The minimum absolute atomic E-state index is 0.0716. The molecule has 1 N–H and O–H groups in total.